The fourth-order valence-corrected chi connectivity index (χ4v) is 2.25. The molecule has 0 fully saturated rings. The molecule has 0 aliphatic heterocycles. The zero-order valence-electron chi connectivity index (χ0n) is 17.1. The summed E-state index contributed by atoms with van der Waals surface area (Å²) in [5, 5.41) is 2.69. The van der Waals surface area contributed by atoms with Crippen molar-refractivity contribution in [3.63, 3.8) is 0 Å². The van der Waals surface area contributed by atoms with E-state index in [0.29, 0.717) is 0 Å². The van der Waals surface area contributed by atoms with E-state index in [1.165, 1.54) is 27.5 Å². The first-order valence-electron chi connectivity index (χ1n) is 7.56. The topological polar surface area (TPSA) is 23.8 Å². The first-order chi connectivity index (χ1) is 10.8. The van der Waals surface area contributed by atoms with E-state index >= 15 is 0 Å². The second kappa shape index (κ2) is 16.5. The van der Waals surface area contributed by atoms with E-state index in [4.69, 9.17) is 5.73 Å². The van der Waals surface area contributed by atoms with E-state index in [1.807, 2.05) is 20.8 Å². The summed E-state index contributed by atoms with van der Waals surface area (Å²) >= 11 is 1.81. The second-order valence-electron chi connectivity index (χ2n) is 6.46. The van der Waals surface area contributed by atoms with Crippen LogP contribution >= 0.6 is 24.8 Å². The van der Waals surface area contributed by atoms with Crippen molar-refractivity contribution >= 4 is 43.2 Å². The van der Waals surface area contributed by atoms with E-state index in [2.05, 4.69) is 75.2 Å². The van der Waals surface area contributed by atoms with E-state index in [0.717, 1.165) is 0 Å². The normalized spacial score (nSPS) is 8.74. The summed E-state index contributed by atoms with van der Waals surface area (Å²) in [6.45, 7) is 7.71. The van der Waals surface area contributed by atoms with Crippen LogP contribution in [0.5, 0.6) is 0 Å². The molecule has 0 unspecified atom stereocenters. The van der Waals surface area contributed by atoms with Crippen molar-refractivity contribution in [3.05, 3.63) is 86.8 Å². The molecule has 3 aromatic rings. The quantitative estimate of drug-likeness (QED) is 0.264. The van der Waals surface area contributed by atoms with Gasteiger partial charge in [-0.3, -0.25) is 0 Å². The fraction of sp³-hybridized carbons (Fsp3) is 0.227. The Kier molecular flexibility index (Phi) is 20.8. The van der Waals surface area contributed by atoms with Crippen LogP contribution in [0.3, 0.4) is 0 Å². The van der Waals surface area contributed by atoms with Crippen LogP contribution in [0.2, 0.25) is 0 Å². The van der Waals surface area contributed by atoms with Crippen molar-refractivity contribution in [2.75, 3.05) is 0 Å². The Morgan fingerprint density at radius 1 is 0.889 bits per heavy atom. The van der Waals surface area contributed by atoms with E-state index < -0.39 is 0 Å². The fourth-order valence-electron chi connectivity index (χ4n) is 2.25. The standard InChI is InChI=1S/C16H13.C4H10N.2CH3.2ClH.Si.Ti/c1-12-10-14-8-5-9-15(16(14)11-12)13-6-3-2-4-7-13;1-4(2,3)5;;;;;;/h2-11H,1H3;5H,1-3H3;2*1H3;2*1H;;/q4*-1;;;;. The summed E-state index contributed by atoms with van der Waals surface area (Å²) in [6, 6.07) is 21.6. The third-order valence-electron chi connectivity index (χ3n) is 2.98. The number of rotatable bonds is 1. The van der Waals surface area contributed by atoms with Crippen LogP contribution in [0.25, 0.3) is 27.6 Å². The van der Waals surface area contributed by atoms with Gasteiger partial charge >= 0.3 is 26.8 Å². The predicted molar refractivity (Wildman–Crippen MR) is 127 cm³/mol. The molecule has 0 aliphatic rings. The number of halogens is 2. The van der Waals surface area contributed by atoms with Crippen LogP contribution < -0.4 is 0 Å². The van der Waals surface area contributed by atoms with Gasteiger partial charge in [-0.25, -0.2) is 0 Å². The van der Waals surface area contributed by atoms with E-state index in [1.54, 1.807) is 19.2 Å². The summed E-state index contributed by atoms with van der Waals surface area (Å²) in [6.07, 6.45) is 0. The predicted octanol–water partition coefficient (Wildman–Crippen LogP) is 7.73. The average molecular weight is 456 g/mol. The van der Waals surface area contributed by atoms with Gasteiger partial charge in [0.25, 0.3) is 0 Å². The number of aryl methyl sites for hydroxylation is 1. The van der Waals surface area contributed by atoms with Gasteiger partial charge in [-0.05, 0) is 5.56 Å². The molecular formula is C22H31Cl2NSiTi-4. The number of fused-ring (bicyclic) bond motifs is 1. The zero-order chi connectivity index (χ0) is 17.5. The van der Waals surface area contributed by atoms with E-state index in [-0.39, 0.29) is 45.2 Å². The first-order valence-corrected chi connectivity index (χ1v) is 10.4. The molecule has 0 atom stereocenters. The maximum atomic E-state index is 6.94. The molecule has 2 radical (unpaired) electrons. The van der Waals surface area contributed by atoms with Crippen LogP contribution in [0.4, 0.5) is 0 Å². The molecule has 1 nitrogen and oxygen atoms in total. The Hall–Kier alpha value is -0.479. The molecule has 1 N–H and O–H groups in total. The molecule has 3 aromatic carbocycles. The second-order valence-corrected chi connectivity index (χ2v) is 6.46. The Bertz CT molecular complexity index is 731. The monoisotopic (exact) mass is 455 g/mol. The summed E-state index contributed by atoms with van der Waals surface area (Å²) in [5.74, 6) is 0. The van der Waals surface area contributed by atoms with Gasteiger partial charge in [0.15, 0.2) is 0 Å². The molecule has 0 saturated carbocycles. The van der Waals surface area contributed by atoms with Gasteiger partial charge < -0.3 is 20.6 Å². The molecule has 0 aliphatic carbocycles. The molecule has 5 heteroatoms. The molecule has 0 saturated heterocycles. The molecule has 150 valence electrons. The third kappa shape index (κ3) is 12.6. The molecule has 0 spiro atoms. The minimum absolute atomic E-state index is 0. The molecule has 27 heavy (non-hydrogen) atoms. The molecular weight excluding hydrogens is 425 g/mol. The van der Waals surface area contributed by atoms with Gasteiger partial charge in [-0.15, -0.1) is 64.9 Å². The van der Waals surface area contributed by atoms with Crippen molar-refractivity contribution in [1.82, 2.24) is 0 Å². The molecule has 0 amide bonds. The number of nitrogens with one attached hydrogen (secondary N) is 1. The van der Waals surface area contributed by atoms with Crippen molar-refractivity contribution in [1.29, 1.82) is 0 Å². The molecule has 0 aromatic heterocycles. The number of hydrogen-bond acceptors (Lipinski definition) is 0. The van der Waals surface area contributed by atoms with Gasteiger partial charge in [0.2, 0.25) is 0 Å². The summed E-state index contributed by atoms with van der Waals surface area (Å²) in [7, 11) is 2.97. The Morgan fingerprint density at radius 3 is 1.85 bits per heavy atom. The zero-order valence-corrected chi connectivity index (χ0v) is 21.3. The van der Waals surface area contributed by atoms with Gasteiger partial charge in [0.05, 0.1) is 0 Å². The minimum atomic E-state index is -0.250. The van der Waals surface area contributed by atoms with Crippen LogP contribution in [-0.2, 0) is 19.2 Å². The van der Waals surface area contributed by atoms with E-state index in [9.17, 15) is 0 Å². The number of benzene rings is 2. The van der Waals surface area contributed by atoms with Crippen molar-refractivity contribution in [3.8, 4) is 11.1 Å². The van der Waals surface area contributed by atoms with Crippen molar-refractivity contribution in [2.45, 2.75) is 33.2 Å². The van der Waals surface area contributed by atoms with Crippen molar-refractivity contribution in [2.24, 2.45) is 0 Å². The first kappa shape index (κ1) is 34.1. The Balaban J connectivity index is -0.000000214. The SMILES string of the molecule is CC(C)(C)[NH-].Cc1cc2c(-c3ccccc3)cccc2[cH-]1.Cl.Cl.[CH3-].[CH3-].[Si]=[Ti]. The molecule has 0 heterocycles. The molecule has 0 bridgehead atoms. The number of hydrogen-bond donors (Lipinski definition) is 0. The van der Waals surface area contributed by atoms with Crippen LogP contribution in [0.1, 0.15) is 26.3 Å². The Labute approximate surface area is 192 Å². The summed E-state index contributed by atoms with van der Waals surface area (Å²) < 4.78 is 0. The van der Waals surface area contributed by atoms with Crippen LogP contribution in [0, 0.1) is 21.8 Å². The van der Waals surface area contributed by atoms with Crippen LogP contribution in [-0.4, -0.2) is 13.2 Å². The average Bonchev–Trinajstić information content (AvgIpc) is 2.88. The third-order valence-corrected chi connectivity index (χ3v) is 2.98. The molecule has 3 rings (SSSR count). The van der Waals surface area contributed by atoms with Gasteiger partial charge in [0.1, 0.15) is 0 Å². The van der Waals surface area contributed by atoms with Gasteiger partial charge in [-0.2, -0.15) is 6.07 Å². The van der Waals surface area contributed by atoms with Gasteiger partial charge in [0, 0.05) is 0 Å². The maximum absolute atomic E-state index is 6.94. The van der Waals surface area contributed by atoms with Crippen LogP contribution in [0.15, 0.2) is 60.7 Å². The summed E-state index contributed by atoms with van der Waals surface area (Å²) in [5.41, 5.74) is 10.6. The van der Waals surface area contributed by atoms with Gasteiger partial charge in [-0.1, -0.05) is 69.7 Å². The van der Waals surface area contributed by atoms with Crippen molar-refractivity contribution < 1.29 is 19.2 Å². The Morgan fingerprint density at radius 2 is 1.37 bits per heavy atom. The summed E-state index contributed by atoms with van der Waals surface area (Å²) in [4.78, 5) is 0.